The van der Waals surface area contributed by atoms with Crippen molar-refractivity contribution in [1.82, 2.24) is 0 Å². The number of nitrogens with two attached hydrogens (primary N) is 1. The maximum absolute atomic E-state index is 5.58. The predicted octanol–water partition coefficient (Wildman–Crippen LogP) is 2.43. The van der Waals surface area contributed by atoms with Crippen molar-refractivity contribution in [3.8, 4) is 0 Å². The van der Waals surface area contributed by atoms with Crippen LogP contribution < -0.4 is 5.73 Å². The molecule has 2 rings (SSSR count). The quantitative estimate of drug-likeness (QED) is 0.621. The van der Waals surface area contributed by atoms with Crippen LogP contribution in [0.3, 0.4) is 0 Å². The molecule has 0 bridgehead atoms. The number of rotatable bonds is 1. The van der Waals surface area contributed by atoms with Gasteiger partial charge in [-0.25, -0.2) is 0 Å². The fraction of sp³-hybridized carbons (Fsp3) is 0. The van der Waals surface area contributed by atoms with Crippen molar-refractivity contribution in [3.05, 3.63) is 54.5 Å². The predicted molar refractivity (Wildman–Crippen MR) is 52.3 cm³/mol. The number of anilines is 1. The van der Waals surface area contributed by atoms with E-state index in [9.17, 15) is 0 Å². The Bertz CT molecular complexity index is 331. The Kier molecular flexibility index (Phi) is 1.71. The summed E-state index contributed by atoms with van der Waals surface area (Å²) in [6, 6.07) is 7.90. The second kappa shape index (κ2) is 2.86. The monoisotopic (exact) mass is 156 g/mol. The lowest BCUT2D eigenvalue weighted by atomic mass is 10.1. The van der Waals surface area contributed by atoms with Crippen molar-refractivity contribution in [1.29, 1.82) is 0 Å². The van der Waals surface area contributed by atoms with Gasteiger partial charge in [-0.2, -0.15) is 0 Å². The summed E-state index contributed by atoms with van der Waals surface area (Å²) in [5, 5.41) is 0. The second-order valence-electron chi connectivity index (χ2n) is 2.80. The molecule has 1 aliphatic rings. The van der Waals surface area contributed by atoms with Crippen LogP contribution in [0.25, 0.3) is 5.57 Å². The number of allylic oxidation sites excluding steroid dienone is 4. The Hall–Kier alpha value is -1.50. The summed E-state index contributed by atoms with van der Waals surface area (Å²) in [6.45, 7) is 0. The van der Waals surface area contributed by atoms with Gasteiger partial charge in [-0.3, -0.25) is 0 Å². The Labute approximate surface area is 72.2 Å². The van der Waals surface area contributed by atoms with Crippen molar-refractivity contribution in [2.45, 2.75) is 0 Å². The molecular formula is C11H10N. The molecule has 0 heterocycles. The maximum Gasteiger partial charge on any atom is 0.0314 e. The van der Waals surface area contributed by atoms with Gasteiger partial charge in [0.1, 0.15) is 0 Å². The Morgan fingerprint density at radius 1 is 1.00 bits per heavy atom. The first-order valence-corrected chi connectivity index (χ1v) is 3.94. The molecule has 0 aromatic heterocycles. The summed E-state index contributed by atoms with van der Waals surface area (Å²) in [6.07, 6.45) is 8.24. The lowest BCUT2D eigenvalue weighted by Crippen LogP contribution is -1.84. The van der Waals surface area contributed by atoms with Crippen LogP contribution in [0, 0.1) is 6.42 Å². The van der Waals surface area contributed by atoms with Gasteiger partial charge in [-0.05, 0) is 23.3 Å². The first-order chi connectivity index (χ1) is 5.86. The van der Waals surface area contributed by atoms with E-state index in [0.717, 1.165) is 5.69 Å². The topological polar surface area (TPSA) is 26.0 Å². The van der Waals surface area contributed by atoms with E-state index in [2.05, 4.69) is 12.2 Å². The molecule has 0 unspecified atom stereocenters. The number of hydrogen-bond acceptors (Lipinski definition) is 1. The smallest absolute Gasteiger partial charge is 0.0314 e. The van der Waals surface area contributed by atoms with Gasteiger partial charge in [-0.15, -0.1) is 0 Å². The van der Waals surface area contributed by atoms with Gasteiger partial charge in [0.15, 0.2) is 0 Å². The highest BCUT2D eigenvalue weighted by Gasteiger charge is 2.00. The van der Waals surface area contributed by atoms with Crippen LogP contribution >= 0.6 is 0 Å². The molecular weight excluding hydrogens is 146 g/mol. The largest absolute Gasteiger partial charge is 0.399 e. The average Bonchev–Trinajstić information content (AvgIpc) is 2.58. The van der Waals surface area contributed by atoms with E-state index < -0.39 is 0 Å². The van der Waals surface area contributed by atoms with E-state index in [1.54, 1.807) is 0 Å². The molecule has 0 saturated carbocycles. The molecule has 1 aliphatic carbocycles. The summed E-state index contributed by atoms with van der Waals surface area (Å²) in [7, 11) is 0. The summed E-state index contributed by atoms with van der Waals surface area (Å²) in [5.74, 6) is 0. The summed E-state index contributed by atoms with van der Waals surface area (Å²) in [4.78, 5) is 0. The van der Waals surface area contributed by atoms with Crippen LogP contribution in [0.5, 0.6) is 0 Å². The molecule has 1 heteroatoms. The minimum absolute atomic E-state index is 0.810. The summed E-state index contributed by atoms with van der Waals surface area (Å²) >= 11 is 0. The highest BCUT2D eigenvalue weighted by Crippen LogP contribution is 2.21. The third-order valence-electron chi connectivity index (χ3n) is 1.91. The fourth-order valence-electron chi connectivity index (χ4n) is 1.24. The summed E-state index contributed by atoms with van der Waals surface area (Å²) < 4.78 is 0. The highest BCUT2D eigenvalue weighted by atomic mass is 14.5. The van der Waals surface area contributed by atoms with Crippen molar-refractivity contribution in [3.63, 3.8) is 0 Å². The van der Waals surface area contributed by atoms with E-state index in [1.165, 1.54) is 11.1 Å². The van der Waals surface area contributed by atoms with Gasteiger partial charge in [0.2, 0.25) is 0 Å². The standard InChI is InChI=1S/C11H10N/c12-11-7-5-10(6-8-11)9-3-1-2-4-9/h1-8H,12H2. The van der Waals surface area contributed by atoms with Crippen LogP contribution in [-0.2, 0) is 0 Å². The van der Waals surface area contributed by atoms with E-state index in [4.69, 9.17) is 5.73 Å². The molecule has 0 aliphatic heterocycles. The molecule has 0 saturated heterocycles. The first-order valence-electron chi connectivity index (χ1n) is 3.94. The number of nitrogen functional groups attached to an aromatic ring is 1. The van der Waals surface area contributed by atoms with E-state index in [1.807, 2.05) is 36.8 Å². The molecule has 59 valence electrons. The fourth-order valence-corrected chi connectivity index (χ4v) is 1.24. The molecule has 0 fully saturated rings. The zero-order valence-electron chi connectivity index (χ0n) is 6.70. The van der Waals surface area contributed by atoms with Gasteiger partial charge in [0, 0.05) is 12.1 Å². The Morgan fingerprint density at radius 3 is 2.33 bits per heavy atom. The molecule has 1 nitrogen and oxygen atoms in total. The van der Waals surface area contributed by atoms with Crippen molar-refractivity contribution >= 4 is 11.3 Å². The highest BCUT2D eigenvalue weighted by molar-refractivity contribution is 5.78. The van der Waals surface area contributed by atoms with E-state index in [-0.39, 0.29) is 0 Å². The average molecular weight is 156 g/mol. The molecule has 12 heavy (non-hydrogen) atoms. The number of hydrogen-bond donors (Lipinski definition) is 1. The van der Waals surface area contributed by atoms with E-state index in [0.29, 0.717) is 0 Å². The van der Waals surface area contributed by atoms with Gasteiger partial charge < -0.3 is 5.73 Å². The molecule has 1 aromatic carbocycles. The van der Waals surface area contributed by atoms with Crippen molar-refractivity contribution in [2.24, 2.45) is 0 Å². The Balaban J connectivity index is 2.35. The SMILES string of the molecule is Nc1ccc(C2=C[CH]C=C2)cc1. The molecule has 1 aromatic rings. The normalized spacial score (nSPS) is 14.8. The van der Waals surface area contributed by atoms with Gasteiger partial charge >= 0.3 is 0 Å². The van der Waals surface area contributed by atoms with Gasteiger partial charge in [0.05, 0.1) is 0 Å². The number of benzene rings is 1. The molecule has 0 spiro atoms. The third-order valence-corrected chi connectivity index (χ3v) is 1.91. The van der Waals surface area contributed by atoms with Crippen LogP contribution in [0.1, 0.15) is 5.56 Å². The molecule has 0 amide bonds. The van der Waals surface area contributed by atoms with Gasteiger partial charge in [0.25, 0.3) is 0 Å². The zero-order valence-corrected chi connectivity index (χ0v) is 6.70. The maximum atomic E-state index is 5.58. The van der Waals surface area contributed by atoms with Crippen LogP contribution in [0.2, 0.25) is 0 Å². The summed E-state index contributed by atoms with van der Waals surface area (Å²) in [5.41, 5.74) is 8.85. The molecule has 0 atom stereocenters. The third kappa shape index (κ3) is 1.26. The Morgan fingerprint density at radius 2 is 1.75 bits per heavy atom. The van der Waals surface area contributed by atoms with Crippen LogP contribution in [0.4, 0.5) is 5.69 Å². The van der Waals surface area contributed by atoms with Crippen LogP contribution in [-0.4, -0.2) is 0 Å². The molecule has 2 N–H and O–H groups in total. The zero-order chi connectivity index (χ0) is 8.39. The van der Waals surface area contributed by atoms with E-state index >= 15 is 0 Å². The van der Waals surface area contributed by atoms with Gasteiger partial charge in [-0.1, -0.05) is 30.4 Å². The lowest BCUT2D eigenvalue weighted by molar-refractivity contribution is 1.62. The minimum atomic E-state index is 0.810. The minimum Gasteiger partial charge on any atom is -0.399 e. The second-order valence-corrected chi connectivity index (χ2v) is 2.80. The van der Waals surface area contributed by atoms with Crippen LogP contribution in [0.15, 0.2) is 42.5 Å². The van der Waals surface area contributed by atoms with Crippen molar-refractivity contribution in [2.75, 3.05) is 5.73 Å². The van der Waals surface area contributed by atoms with Crippen molar-refractivity contribution < 1.29 is 0 Å². The molecule has 1 radical (unpaired) electrons. The lowest BCUT2D eigenvalue weighted by Gasteiger charge is -1.99. The first kappa shape index (κ1) is 7.17.